The molecule has 5 aromatic rings. The second-order valence-corrected chi connectivity index (χ2v) is 9.76. The molecule has 2 aromatic carbocycles. The summed E-state index contributed by atoms with van der Waals surface area (Å²) in [6, 6.07) is 11.6. The lowest BCUT2D eigenvalue weighted by Crippen LogP contribution is -2.34. The van der Waals surface area contributed by atoms with Gasteiger partial charge in [-0.2, -0.15) is 0 Å². The van der Waals surface area contributed by atoms with Gasteiger partial charge in [0.25, 0.3) is 0 Å². The zero-order valence-corrected chi connectivity index (χ0v) is 21.0. The summed E-state index contributed by atoms with van der Waals surface area (Å²) in [5.41, 5.74) is 6.44. The Balaban J connectivity index is 1.20. The maximum Gasteiger partial charge on any atom is 0.407 e. The third-order valence-electron chi connectivity index (χ3n) is 6.14. The van der Waals surface area contributed by atoms with E-state index in [1.54, 1.807) is 37.0 Å². The zero-order valence-electron chi connectivity index (χ0n) is 20.2. The van der Waals surface area contributed by atoms with Crippen molar-refractivity contribution >= 4 is 38.7 Å². The number of pyridine rings is 1. The van der Waals surface area contributed by atoms with Crippen molar-refractivity contribution in [3.05, 3.63) is 71.7 Å². The maximum absolute atomic E-state index is 12.2. The van der Waals surface area contributed by atoms with Crippen LogP contribution in [0.15, 0.2) is 55.0 Å². The lowest BCUT2D eigenvalue weighted by atomic mass is 10.1. The van der Waals surface area contributed by atoms with E-state index >= 15 is 0 Å². The number of carbonyl (C=O) groups is 1. The largest absolute Gasteiger partial charge is 0.488 e. The van der Waals surface area contributed by atoms with Crippen LogP contribution in [-0.2, 0) is 17.8 Å². The number of nitrogens with zero attached hydrogens (tertiary/aromatic N) is 4. The van der Waals surface area contributed by atoms with Crippen molar-refractivity contribution in [2.45, 2.75) is 26.1 Å². The molecule has 1 N–H and O–H groups in total. The van der Waals surface area contributed by atoms with E-state index < -0.39 is 6.09 Å². The van der Waals surface area contributed by atoms with Gasteiger partial charge in [0.2, 0.25) is 5.88 Å². The average molecular weight is 514 g/mol. The van der Waals surface area contributed by atoms with E-state index in [9.17, 15) is 4.79 Å². The Bertz CT molecular complexity index is 1620. The first-order valence-electron chi connectivity index (χ1n) is 11.8. The predicted octanol–water partition coefficient (Wildman–Crippen LogP) is 4.85. The third kappa shape index (κ3) is 4.63. The molecule has 0 bridgehead atoms. The molecule has 3 aromatic heterocycles. The minimum Gasteiger partial charge on any atom is -0.488 e. The number of aryl methyl sites for hydroxylation is 1. The van der Waals surface area contributed by atoms with Gasteiger partial charge in [-0.3, -0.25) is 4.98 Å². The van der Waals surface area contributed by atoms with Gasteiger partial charge in [0.1, 0.15) is 23.5 Å². The van der Waals surface area contributed by atoms with E-state index in [2.05, 4.69) is 26.3 Å². The Morgan fingerprint density at radius 1 is 1.16 bits per heavy atom. The third-order valence-corrected chi connectivity index (χ3v) is 7.31. The lowest BCUT2D eigenvalue weighted by molar-refractivity contribution is 0.133. The van der Waals surface area contributed by atoms with E-state index in [4.69, 9.17) is 19.2 Å². The topological polar surface area (TPSA) is 108 Å². The second-order valence-electron chi connectivity index (χ2n) is 8.76. The predicted molar refractivity (Wildman–Crippen MR) is 140 cm³/mol. The number of ether oxygens (including phenoxy) is 3. The summed E-state index contributed by atoms with van der Waals surface area (Å²) in [7, 11) is 1.58. The van der Waals surface area contributed by atoms with Gasteiger partial charge in [0, 0.05) is 29.9 Å². The van der Waals surface area contributed by atoms with E-state index in [0.29, 0.717) is 18.8 Å². The lowest BCUT2D eigenvalue weighted by Gasteiger charge is -2.12. The first-order valence-corrected chi connectivity index (χ1v) is 12.6. The Morgan fingerprint density at radius 2 is 2.03 bits per heavy atom. The highest BCUT2D eigenvalue weighted by molar-refractivity contribution is 7.22. The minimum atomic E-state index is -0.481. The molecule has 186 valence electrons. The van der Waals surface area contributed by atoms with Crippen LogP contribution in [0.5, 0.6) is 11.6 Å². The van der Waals surface area contributed by atoms with Gasteiger partial charge < -0.3 is 19.5 Å². The molecule has 1 aliphatic rings. The maximum atomic E-state index is 12.2. The van der Waals surface area contributed by atoms with E-state index in [1.165, 1.54) is 0 Å². The van der Waals surface area contributed by atoms with Crippen molar-refractivity contribution in [2.75, 3.05) is 13.7 Å². The Hall–Kier alpha value is -4.31. The van der Waals surface area contributed by atoms with Gasteiger partial charge in [-0.05, 0) is 54.4 Å². The SMILES string of the molecule is COc1cnc2c(-c3nc4ccc5c(c4s3)C[C@@H](CNC(=O)OCc3ccncc3)O5)cc(C)cc2n1. The molecule has 0 aliphatic carbocycles. The van der Waals surface area contributed by atoms with Crippen LogP contribution in [-0.4, -0.2) is 45.8 Å². The van der Waals surface area contributed by atoms with E-state index in [0.717, 1.165) is 54.3 Å². The highest BCUT2D eigenvalue weighted by Crippen LogP contribution is 2.41. The quantitative estimate of drug-likeness (QED) is 0.343. The highest BCUT2D eigenvalue weighted by atomic mass is 32.1. The fourth-order valence-electron chi connectivity index (χ4n) is 4.40. The Morgan fingerprint density at radius 3 is 2.86 bits per heavy atom. The molecule has 37 heavy (non-hydrogen) atoms. The summed E-state index contributed by atoms with van der Waals surface area (Å²) in [5, 5.41) is 3.68. The van der Waals surface area contributed by atoms with Crippen LogP contribution in [0.1, 0.15) is 16.7 Å². The zero-order chi connectivity index (χ0) is 25.4. The molecular weight excluding hydrogens is 490 g/mol. The van der Waals surface area contributed by atoms with Crippen LogP contribution >= 0.6 is 11.3 Å². The summed E-state index contributed by atoms with van der Waals surface area (Å²) in [5.74, 6) is 1.29. The normalized spacial score (nSPS) is 14.4. The number of hydrogen-bond acceptors (Lipinski definition) is 9. The summed E-state index contributed by atoms with van der Waals surface area (Å²) in [4.78, 5) is 30.2. The monoisotopic (exact) mass is 513 g/mol. The molecule has 1 aliphatic heterocycles. The van der Waals surface area contributed by atoms with Crippen LogP contribution < -0.4 is 14.8 Å². The second kappa shape index (κ2) is 9.62. The number of aromatic nitrogens is 4. The number of alkyl carbamates (subject to hydrolysis) is 1. The first kappa shape index (κ1) is 23.1. The fraction of sp³-hybridized carbons (Fsp3) is 0.222. The summed E-state index contributed by atoms with van der Waals surface area (Å²) in [6.45, 7) is 2.56. The number of carbonyl (C=O) groups excluding carboxylic acids is 1. The van der Waals surface area contributed by atoms with Crippen molar-refractivity contribution in [3.8, 4) is 22.2 Å². The number of nitrogens with one attached hydrogen (secondary N) is 1. The Labute approximate surface area is 216 Å². The molecule has 10 heteroatoms. The van der Waals surface area contributed by atoms with Gasteiger partial charge in [-0.25, -0.2) is 19.7 Å². The number of rotatable bonds is 6. The van der Waals surface area contributed by atoms with Gasteiger partial charge in [-0.1, -0.05) is 0 Å². The fourth-order valence-corrected chi connectivity index (χ4v) is 5.52. The van der Waals surface area contributed by atoms with Gasteiger partial charge >= 0.3 is 6.09 Å². The number of methoxy groups -OCH3 is 1. The van der Waals surface area contributed by atoms with Gasteiger partial charge in [0.05, 0.1) is 41.1 Å². The number of fused-ring (bicyclic) bond motifs is 4. The van der Waals surface area contributed by atoms with Crippen molar-refractivity contribution < 1.29 is 19.0 Å². The molecule has 0 saturated carbocycles. The summed E-state index contributed by atoms with van der Waals surface area (Å²) >= 11 is 1.61. The molecular formula is C27H23N5O4S. The van der Waals surface area contributed by atoms with Crippen LogP contribution in [0, 0.1) is 6.92 Å². The van der Waals surface area contributed by atoms with Crippen LogP contribution in [0.2, 0.25) is 0 Å². The summed E-state index contributed by atoms with van der Waals surface area (Å²) in [6.07, 6.45) is 4.96. The van der Waals surface area contributed by atoms with Crippen LogP contribution in [0.4, 0.5) is 4.79 Å². The van der Waals surface area contributed by atoms with Crippen molar-refractivity contribution in [1.29, 1.82) is 0 Å². The number of thiazole rings is 1. The molecule has 0 radical (unpaired) electrons. The summed E-state index contributed by atoms with van der Waals surface area (Å²) < 4.78 is 17.7. The van der Waals surface area contributed by atoms with Gasteiger partial charge in [-0.15, -0.1) is 11.3 Å². The molecule has 1 atom stereocenters. The van der Waals surface area contributed by atoms with Crippen molar-refractivity contribution in [2.24, 2.45) is 0 Å². The molecule has 0 fully saturated rings. The molecule has 0 spiro atoms. The smallest absolute Gasteiger partial charge is 0.407 e. The Kier molecular flexibility index (Phi) is 6.01. The van der Waals surface area contributed by atoms with Crippen LogP contribution in [0.3, 0.4) is 0 Å². The first-order chi connectivity index (χ1) is 18.1. The minimum absolute atomic E-state index is 0.183. The highest BCUT2D eigenvalue weighted by Gasteiger charge is 2.27. The number of benzene rings is 2. The molecule has 9 nitrogen and oxygen atoms in total. The van der Waals surface area contributed by atoms with Gasteiger partial charge in [0.15, 0.2) is 0 Å². The van der Waals surface area contributed by atoms with E-state index in [-0.39, 0.29) is 12.7 Å². The number of amides is 1. The van der Waals surface area contributed by atoms with Crippen molar-refractivity contribution in [3.63, 3.8) is 0 Å². The molecule has 4 heterocycles. The molecule has 0 saturated heterocycles. The van der Waals surface area contributed by atoms with Crippen molar-refractivity contribution in [1.82, 2.24) is 25.3 Å². The van der Waals surface area contributed by atoms with E-state index in [1.807, 2.05) is 37.3 Å². The molecule has 6 rings (SSSR count). The average Bonchev–Trinajstić information content (AvgIpc) is 3.54. The molecule has 0 unspecified atom stereocenters. The van der Waals surface area contributed by atoms with Crippen LogP contribution in [0.25, 0.3) is 31.8 Å². The standard InChI is InChI=1S/C27H23N5O4S/c1-15-9-19(24-21(10-15)31-23(34-2)13-29-24)26-32-20-3-4-22-18(25(20)37-26)11-17(36-22)12-30-27(33)35-14-16-5-7-28-8-6-16/h3-10,13,17H,11-12,14H2,1-2H3,(H,30,33)/t17-/m0/s1. The molecule has 1 amide bonds. The number of hydrogen-bond donors (Lipinski definition) is 1.